The Morgan fingerprint density at radius 1 is 0.850 bits per heavy atom. The highest BCUT2D eigenvalue weighted by Gasteiger charge is 2.26. The number of rotatable bonds is 20. The normalized spacial score (nSPS) is 12.0. The number of nitrogens with one attached hydrogen (secondary N) is 1. The zero-order valence-electron chi connectivity index (χ0n) is 25.0. The number of carbonyl (C=O) groups excluding carboxylic acids is 3. The largest absolute Gasteiger partial charge is 0.478 e. The summed E-state index contributed by atoms with van der Waals surface area (Å²) in [5.74, 6) is -2.50. The van der Waals surface area contributed by atoms with E-state index in [-0.39, 0.29) is 24.2 Å². The smallest absolute Gasteiger partial charge is 0.335 e. The van der Waals surface area contributed by atoms with Crippen LogP contribution in [0.2, 0.25) is 0 Å². The first-order valence-electron chi connectivity index (χ1n) is 14.8. The second-order valence-electron chi connectivity index (χ2n) is 11.4. The van der Waals surface area contributed by atoms with E-state index in [2.05, 4.69) is 12.2 Å². The number of carboxylic acids is 1. The number of nitrogens with zero attached hydrogens (tertiary/aromatic N) is 1. The quantitative estimate of drug-likeness (QED) is 0.145. The van der Waals surface area contributed by atoms with E-state index in [1.807, 2.05) is 0 Å². The molecule has 1 aromatic rings. The Hall–Kier alpha value is -2.94. The molecule has 0 saturated heterocycles. The maximum absolute atomic E-state index is 13.1. The van der Waals surface area contributed by atoms with Crippen molar-refractivity contribution in [2.45, 2.75) is 116 Å². The van der Waals surface area contributed by atoms with Crippen LogP contribution in [-0.2, 0) is 14.3 Å². The van der Waals surface area contributed by atoms with Crippen LogP contribution in [0.15, 0.2) is 24.3 Å². The van der Waals surface area contributed by atoms with Gasteiger partial charge in [-0.3, -0.25) is 14.4 Å². The summed E-state index contributed by atoms with van der Waals surface area (Å²) in [5, 5.41) is 11.6. The monoisotopic (exact) mass is 561 g/mol. The molecule has 0 radical (unpaired) electrons. The fraction of sp³-hybridized carbons (Fsp3) is 0.677. The molecule has 0 unspecified atom stereocenters. The molecule has 1 rings (SSSR count). The molecule has 0 spiro atoms. The predicted molar refractivity (Wildman–Crippen MR) is 157 cm³/mol. The van der Waals surface area contributed by atoms with E-state index in [1.165, 1.54) is 80.5 Å². The van der Waals surface area contributed by atoms with E-state index < -0.39 is 35.4 Å². The molecule has 0 fully saturated rings. The summed E-state index contributed by atoms with van der Waals surface area (Å²) in [6.45, 7) is 7.60. The zero-order valence-corrected chi connectivity index (χ0v) is 25.0. The Morgan fingerprint density at radius 2 is 1.32 bits per heavy atom. The molecular formula is C31H51N3O6. The van der Waals surface area contributed by atoms with Gasteiger partial charge in [-0.15, -0.1) is 0 Å². The average molecular weight is 562 g/mol. The van der Waals surface area contributed by atoms with Crippen molar-refractivity contribution >= 4 is 23.8 Å². The molecule has 9 heteroatoms. The van der Waals surface area contributed by atoms with Gasteiger partial charge in [0.15, 0.2) is 0 Å². The first-order chi connectivity index (χ1) is 18.9. The molecule has 4 N–H and O–H groups in total. The predicted octanol–water partition coefficient (Wildman–Crippen LogP) is 5.31. The van der Waals surface area contributed by atoms with E-state index in [4.69, 9.17) is 15.6 Å². The number of hydrogen-bond donors (Lipinski definition) is 3. The minimum Gasteiger partial charge on any atom is -0.478 e. The van der Waals surface area contributed by atoms with Crippen molar-refractivity contribution in [2.75, 3.05) is 19.6 Å². The highest BCUT2D eigenvalue weighted by atomic mass is 16.6. The lowest BCUT2D eigenvalue weighted by atomic mass is 10.1. The lowest BCUT2D eigenvalue weighted by molar-refractivity contribution is -0.159. The molecule has 0 bridgehead atoms. The van der Waals surface area contributed by atoms with Gasteiger partial charge in [-0.25, -0.2) is 4.79 Å². The van der Waals surface area contributed by atoms with Crippen LogP contribution in [0.1, 0.15) is 125 Å². The molecule has 0 heterocycles. The van der Waals surface area contributed by atoms with Gasteiger partial charge in [-0.1, -0.05) is 77.6 Å². The molecule has 0 aliphatic carbocycles. The number of esters is 1. The Labute approximate surface area is 240 Å². The van der Waals surface area contributed by atoms with Crippen molar-refractivity contribution in [3.05, 3.63) is 35.4 Å². The first kappa shape index (κ1) is 35.1. The van der Waals surface area contributed by atoms with Crippen molar-refractivity contribution in [1.29, 1.82) is 0 Å². The van der Waals surface area contributed by atoms with Crippen LogP contribution in [0.5, 0.6) is 0 Å². The fourth-order valence-electron chi connectivity index (χ4n) is 4.33. The Kier molecular flexibility index (Phi) is 16.8. The second-order valence-corrected chi connectivity index (χ2v) is 11.4. The van der Waals surface area contributed by atoms with Gasteiger partial charge >= 0.3 is 11.9 Å². The molecule has 40 heavy (non-hydrogen) atoms. The van der Waals surface area contributed by atoms with E-state index >= 15 is 0 Å². The van der Waals surface area contributed by atoms with Gasteiger partial charge in [0, 0.05) is 18.7 Å². The van der Waals surface area contributed by atoms with Gasteiger partial charge in [0.05, 0.1) is 5.56 Å². The number of amides is 2. The molecule has 1 aromatic carbocycles. The third kappa shape index (κ3) is 15.6. The van der Waals surface area contributed by atoms with Gasteiger partial charge in [-0.05, 0) is 51.5 Å². The number of nitrogens with two attached hydrogens (primary N) is 1. The Morgan fingerprint density at radius 3 is 1.80 bits per heavy atom. The number of aromatic carboxylic acids is 1. The summed E-state index contributed by atoms with van der Waals surface area (Å²) in [6.07, 6.45) is 14.3. The van der Waals surface area contributed by atoms with Crippen molar-refractivity contribution in [3.63, 3.8) is 0 Å². The van der Waals surface area contributed by atoms with Gasteiger partial charge in [0.1, 0.15) is 18.2 Å². The number of carboxylic acid groups (broad SMARTS) is 1. The van der Waals surface area contributed by atoms with Crippen molar-refractivity contribution in [1.82, 2.24) is 10.2 Å². The number of benzene rings is 1. The highest BCUT2D eigenvalue weighted by molar-refractivity contribution is 5.96. The maximum atomic E-state index is 13.1. The molecule has 0 aromatic heterocycles. The van der Waals surface area contributed by atoms with Crippen molar-refractivity contribution < 1.29 is 29.0 Å². The number of carbonyl (C=O) groups is 4. The Balaban J connectivity index is 2.53. The molecular weight excluding hydrogens is 510 g/mol. The van der Waals surface area contributed by atoms with Crippen molar-refractivity contribution in [3.8, 4) is 0 Å². The number of hydrogen-bond acceptors (Lipinski definition) is 6. The van der Waals surface area contributed by atoms with Crippen molar-refractivity contribution in [2.24, 2.45) is 5.73 Å². The number of ether oxygens (including phenoxy) is 1. The molecule has 226 valence electrons. The lowest BCUT2D eigenvalue weighted by Gasteiger charge is -2.27. The molecule has 2 amide bonds. The molecule has 0 aliphatic rings. The average Bonchev–Trinajstić information content (AvgIpc) is 2.90. The zero-order chi connectivity index (χ0) is 30.0. The topological polar surface area (TPSA) is 139 Å². The lowest BCUT2D eigenvalue weighted by Crippen LogP contribution is -2.51. The van der Waals surface area contributed by atoms with Gasteiger partial charge in [-0.2, -0.15) is 0 Å². The summed E-state index contributed by atoms with van der Waals surface area (Å²) < 4.78 is 5.41. The van der Waals surface area contributed by atoms with E-state index in [9.17, 15) is 19.2 Å². The summed E-state index contributed by atoms with van der Waals surface area (Å²) in [4.78, 5) is 50.5. The van der Waals surface area contributed by atoms with Gasteiger partial charge in [0.2, 0.25) is 5.91 Å². The van der Waals surface area contributed by atoms with Crippen LogP contribution in [0.4, 0.5) is 0 Å². The molecule has 0 aliphatic heterocycles. The van der Waals surface area contributed by atoms with Crippen LogP contribution in [0.3, 0.4) is 0 Å². The second kappa shape index (κ2) is 19.2. The highest BCUT2D eigenvalue weighted by Crippen LogP contribution is 2.13. The Bertz CT molecular complexity index is 911. The fourth-order valence-corrected chi connectivity index (χ4v) is 4.33. The molecule has 0 saturated carbocycles. The SMILES string of the molecule is CCCCCCCCCCCCCCN(CC(=O)OC(C)(C)C)C(=O)[C@@H](N)CNC(=O)c1ccc(C(=O)O)cc1. The van der Waals surface area contributed by atoms with E-state index in [1.54, 1.807) is 20.8 Å². The van der Waals surface area contributed by atoms with E-state index in [0.717, 1.165) is 25.7 Å². The maximum Gasteiger partial charge on any atom is 0.335 e. The molecule has 1 atom stereocenters. The summed E-state index contributed by atoms with van der Waals surface area (Å²) in [7, 11) is 0. The third-order valence-corrected chi connectivity index (χ3v) is 6.53. The minimum atomic E-state index is -1.09. The van der Waals surface area contributed by atoms with Crippen LogP contribution < -0.4 is 11.1 Å². The van der Waals surface area contributed by atoms with Crippen LogP contribution in [0, 0.1) is 0 Å². The van der Waals surface area contributed by atoms with Gasteiger partial charge in [0.25, 0.3) is 5.91 Å². The van der Waals surface area contributed by atoms with Crippen LogP contribution in [-0.4, -0.2) is 65.0 Å². The minimum absolute atomic E-state index is 0.0685. The van der Waals surface area contributed by atoms with Crippen LogP contribution >= 0.6 is 0 Å². The summed E-state index contributed by atoms with van der Waals surface area (Å²) >= 11 is 0. The van der Waals surface area contributed by atoms with E-state index in [0.29, 0.717) is 6.54 Å². The number of unbranched alkanes of at least 4 members (excludes halogenated alkanes) is 11. The standard InChI is InChI=1S/C31H51N3O6/c1-5-6-7-8-9-10-11-12-13-14-15-16-21-34(23-27(35)40-31(2,3)4)29(37)26(32)22-33-28(36)24-17-19-25(20-18-24)30(38)39/h17-20,26H,5-16,21-23,32H2,1-4H3,(H,33,36)(H,38,39)/t26-/m0/s1. The summed E-state index contributed by atoms with van der Waals surface area (Å²) in [5.41, 5.74) is 5.76. The third-order valence-electron chi connectivity index (χ3n) is 6.53. The summed E-state index contributed by atoms with van der Waals surface area (Å²) in [6, 6.07) is 4.42. The van der Waals surface area contributed by atoms with Gasteiger partial charge < -0.3 is 25.8 Å². The first-order valence-corrected chi connectivity index (χ1v) is 14.8. The van der Waals surface area contributed by atoms with Crippen LogP contribution in [0.25, 0.3) is 0 Å². The molecule has 9 nitrogen and oxygen atoms in total.